The molecule has 4 N–H and O–H groups in total. The molecule has 0 aromatic heterocycles. The van der Waals surface area contributed by atoms with Gasteiger partial charge in [-0.1, -0.05) is 19.1 Å². The number of hydrogen-bond donors (Lipinski definition) is 3. The number of anilines is 1. The molecule has 0 aliphatic rings. The second kappa shape index (κ2) is 6.36. The molecular formula is C11H17N3O3S. The number of rotatable bonds is 6. The first kappa shape index (κ1) is 14.5. The van der Waals surface area contributed by atoms with Gasteiger partial charge in [0, 0.05) is 6.54 Å². The maximum atomic E-state index is 11.9. The SMILES string of the molecule is CCCNC(=O)CNS(=O)(=O)c1ccccc1N. The third kappa shape index (κ3) is 4.01. The lowest BCUT2D eigenvalue weighted by Gasteiger charge is -2.08. The molecule has 7 heteroatoms. The van der Waals surface area contributed by atoms with Gasteiger partial charge in [0.1, 0.15) is 4.90 Å². The fourth-order valence-corrected chi connectivity index (χ4v) is 2.40. The topological polar surface area (TPSA) is 101 Å². The molecule has 100 valence electrons. The number of hydrogen-bond acceptors (Lipinski definition) is 4. The van der Waals surface area contributed by atoms with Crippen LogP contribution in [0.3, 0.4) is 0 Å². The first-order chi connectivity index (χ1) is 8.47. The van der Waals surface area contributed by atoms with Crippen molar-refractivity contribution in [2.45, 2.75) is 18.2 Å². The predicted octanol–water partition coefficient (Wildman–Crippen LogP) is 0.0733. The molecule has 1 amide bonds. The zero-order valence-corrected chi connectivity index (χ0v) is 11.0. The molecule has 6 nitrogen and oxygen atoms in total. The van der Waals surface area contributed by atoms with Gasteiger partial charge >= 0.3 is 0 Å². The van der Waals surface area contributed by atoms with Crippen LogP contribution in [0.1, 0.15) is 13.3 Å². The minimum absolute atomic E-state index is 0.0201. The summed E-state index contributed by atoms with van der Waals surface area (Å²) in [7, 11) is -3.75. The number of carbonyl (C=O) groups excluding carboxylic acids is 1. The molecule has 0 radical (unpaired) electrons. The Bertz CT molecular complexity index is 514. The molecule has 1 aromatic rings. The smallest absolute Gasteiger partial charge is 0.243 e. The summed E-state index contributed by atoms with van der Waals surface area (Å²) >= 11 is 0. The van der Waals surface area contributed by atoms with Crippen LogP contribution in [0.4, 0.5) is 5.69 Å². The van der Waals surface area contributed by atoms with Crippen molar-refractivity contribution in [3.8, 4) is 0 Å². The van der Waals surface area contributed by atoms with Crippen LogP contribution in [0.2, 0.25) is 0 Å². The van der Waals surface area contributed by atoms with Crippen LogP contribution in [-0.4, -0.2) is 27.4 Å². The average molecular weight is 271 g/mol. The van der Waals surface area contributed by atoms with Crippen LogP contribution in [-0.2, 0) is 14.8 Å². The molecule has 1 aromatic carbocycles. The van der Waals surface area contributed by atoms with Gasteiger partial charge in [-0.25, -0.2) is 13.1 Å². The minimum atomic E-state index is -3.75. The highest BCUT2D eigenvalue weighted by molar-refractivity contribution is 7.89. The van der Waals surface area contributed by atoms with Gasteiger partial charge in [0.25, 0.3) is 0 Å². The van der Waals surface area contributed by atoms with E-state index < -0.39 is 10.0 Å². The summed E-state index contributed by atoms with van der Waals surface area (Å²) in [6.07, 6.45) is 0.796. The first-order valence-electron chi connectivity index (χ1n) is 5.58. The van der Waals surface area contributed by atoms with Crippen molar-refractivity contribution >= 4 is 21.6 Å². The number of carbonyl (C=O) groups is 1. The highest BCUT2D eigenvalue weighted by atomic mass is 32.2. The Morgan fingerprint density at radius 2 is 2.00 bits per heavy atom. The summed E-state index contributed by atoms with van der Waals surface area (Å²) in [5, 5.41) is 2.57. The average Bonchev–Trinajstić information content (AvgIpc) is 2.34. The number of para-hydroxylation sites is 1. The van der Waals surface area contributed by atoms with Crippen molar-refractivity contribution in [2.24, 2.45) is 0 Å². The number of nitrogens with two attached hydrogens (primary N) is 1. The highest BCUT2D eigenvalue weighted by Crippen LogP contribution is 2.16. The summed E-state index contributed by atoms with van der Waals surface area (Å²) in [6.45, 7) is 2.14. The Labute approximate surface area is 107 Å². The predicted molar refractivity (Wildman–Crippen MR) is 69.3 cm³/mol. The van der Waals surface area contributed by atoms with Crippen molar-refractivity contribution in [3.05, 3.63) is 24.3 Å². The molecule has 0 spiro atoms. The molecule has 0 heterocycles. The van der Waals surface area contributed by atoms with E-state index in [0.717, 1.165) is 6.42 Å². The van der Waals surface area contributed by atoms with Crippen molar-refractivity contribution in [2.75, 3.05) is 18.8 Å². The zero-order chi connectivity index (χ0) is 13.6. The van der Waals surface area contributed by atoms with Crippen molar-refractivity contribution < 1.29 is 13.2 Å². The lowest BCUT2D eigenvalue weighted by atomic mass is 10.3. The number of amides is 1. The summed E-state index contributed by atoms with van der Waals surface area (Å²) in [6, 6.07) is 6.09. The molecule has 0 atom stereocenters. The Hall–Kier alpha value is -1.60. The largest absolute Gasteiger partial charge is 0.398 e. The standard InChI is InChI=1S/C11H17N3O3S/c1-2-7-13-11(15)8-14-18(16,17)10-6-4-3-5-9(10)12/h3-6,14H,2,7-8,12H2,1H3,(H,13,15). The Balaban J connectivity index is 2.67. The van der Waals surface area contributed by atoms with E-state index in [1.165, 1.54) is 12.1 Å². The molecule has 0 saturated heterocycles. The van der Waals surface area contributed by atoms with E-state index in [1.54, 1.807) is 12.1 Å². The summed E-state index contributed by atoms with van der Waals surface area (Å²) in [5.74, 6) is -0.366. The molecule has 0 fully saturated rings. The van der Waals surface area contributed by atoms with Crippen molar-refractivity contribution in [1.82, 2.24) is 10.0 Å². The van der Waals surface area contributed by atoms with Crippen LogP contribution in [0.5, 0.6) is 0 Å². The minimum Gasteiger partial charge on any atom is -0.398 e. The van der Waals surface area contributed by atoms with Gasteiger partial charge in [0.15, 0.2) is 0 Å². The zero-order valence-electron chi connectivity index (χ0n) is 10.1. The van der Waals surface area contributed by atoms with Crippen LogP contribution < -0.4 is 15.8 Å². The monoisotopic (exact) mass is 271 g/mol. The van der Waals surface area contributed by atoms with Crippen LogP contribution in [0, 0.1) is 0 Å². The number of sulfonamides is 1. The quantitative estimate of drug-likeness (QED) is 0.637. The Kier molecular flexibility index (Phi) is 5.11. The van der Waals surface area contributed by atoms with E-state index in [4.69, 9.17) is 5.73 Å². The Morgan fingerprint density at radius 1 is 1.33 bits per heavy atom. The third-order valence-corrected chi connectivity index (χ3v) is 3.68. The molecule has 0 aliphatic heterocycles. The lowest BCUT2D eigenvalue weighted by Crippen LogP contribution is -2.37. The van der Waals surface area contributed by atoms with Crippen LogP contribution >= 0.6 is 0 Å². The molecule has 1 rings (SSSR count). The fourth-order valence-electron chi connectivity index (χ4n) is 1.29. The van der Waals surface area contributed by atoms with Crippen molar-refractivity contribution in [1.29, 1.82) is 0 Å². The van der Waals surface area contributed by atoms with Gasteiger partial charge in [-0.3, -0.25) is 4.79 Å². The van der Waals surface area contributed by atoms with E-state index in [-0.39, 0.29) is 23.0 Å². The summed E-state index contributed by atoms with van der Waals surface area (Å²) < 4.78 is 25.9. The third-order valence-electron chi connectivity index (χ3n) is 2.20. The molecular weight excluding hydrogens is 254 g/mol. The maximum Gasteiger partial charge on any atom is 0.243 e. The van der Waals surface area contributed by atoms with E-state index >= 15 is 0 Å². The Morgan fingerprint density at radius 3 is 2.61 bits per heavy atom. The summed E-state index contributed by atoms with van der Waals surface area (Å²) in [4.78, 5) is 11.3. The van der Waals surface area contributed by atoms with Crippen molar-refractivity contribution in [3.63, 3.8) is 0 Å². The second-order valence-corrected chi connectivity index (χ2v) is 5.45. The first-order valence-corrected chi connectivity index (χ1v) is 7.06. The highest BCUT2D eigenvalue weighted by Gasteiger charge is 2.17. The van der Waals surface area contributed by atoms with Gasteiger partial charge in [-0.05, 0) is 18.6 Å². The van der Waals surface area contributed by atoms with Crippen LogP contribution in [0.25, 0.3) is 0 Å². The van der Waals surface area contributed by atoms with E-state index in [9.17, 15) is 13.2 Å². The van der Waals surface area contributed by atoms with Gasteiger partial charge < -0.3 is 11.1 Å². The summed E-state index contributed by atoms with van der Waals surface area (Å²) in [5.41, 5.74) is 5.73. The molecule has 18 heavy (non-hydrogen) atoms. The normalized spacial score (nSPS) is 11.2. The van der Waals surface area contributed by atoms with Gasteiger partial charge in [0.05, 0.1) is 12.2 Å². The number of nitrogen functional groups attached to an aromatic ring is 1. The second-order valence-electron chi connectivity index (χ2n) is 3.71. The maximum absolute atomic E-state index is 11.9. The van der Waals surface area contributed by atoms with Gasteiger partial charge in [-0.2, -0.15) is 0 Å². The molecule has 0 unspecified atom stereocenters. The fraction of sp³-hybridized carbons (Fsp3) is 0.364. The molecule has 0 bridgehead atoms. The van der Waals surface area contributed by atoms with Crippen LogP contribution in [0.15, 0.2) is 29.2 Å². The molecule has 0 saturated carbocycles. The van der Waals surface area contributed by atoms with E-state index in [0.29, 0.717) is 6.54 Å². The van der Waals surface area contributed by atoms with Gasteiger partial charge in [-0.15, -0.1) is 0 Å². The van der Waals surface area contributed by atoms with E-state index in [2.05, 4.69) is 10.0 Å². The van der Waals surface area contributed by atoms with Gasteiger partial charge in [0.2, 0.25) is 15.9 Å². The lowest BCUT2D eigenvalue weighted by molar-refractivity contribution is -0.119. The number of nitrogens with one attached hydrogen (secondary N) is 2. The van der Waals surface area contributed by atoms with E-state index in [1.807, 2.05) is 6.92 Å². The number of benzene rings is 1. The molecule has 0 aliphatic carbocycles.